The van der Waals surface area contributed by atoms with Crippen LogP contribution in [0.3, 0.4) is 0 Å². The molecule has 0 heterocycles. The molecule has 0 aromatic heterocycles. The van der Waals surface area contributed by atoms with Crippen molar-refractivity contribution in [3.05, 3.63) is 0 Å². The van der Waals surface area contributed by atoms with Gasteiger partial charge in [0.15, 0.2) is 0 Å². The first-order valence-corrected chi connectivity index (χ1v) is 5.46. The molecule has 3 N–H and O–H groups in total. The minimum absolute atomic E-state index is 0. The van der Waals surface area contributed by atoms with Crippen LogP contribution in [0.25, 0.3) is 0 Å². The van der Waals surface area contributed by atoms with E-state index in [1.165, 1.54) is 0 Å². The van der Waals surface area contributed by atoms with Crippen molar-refractivity contribution < 1.29 is 4.79 Å². The van der Waals surface area contributed by atoms with E-state index in [1.807, 2.05) is 20.8 Å². The highest BCUT2D eigenvalue weighted by atomic mass is 35.5. The molecule has 15 heavy (non-hydrogen) atoms. The smallest absolute Gasteiger partial charge is 0.224 e. The lowest BCUT2D eigenvalue weighted by molar-refractivity contribution is -0.125. The minimum Gasteiger partial charge on any atom is -0.353 e. The van der Waals surface area contributed by atoms with Crippen molar-refractivity contribution in [2.24, 2.45) is 17.6 Å². The quantitative estimate of drug-likeness (QED) is 0.767. The van der Waals surface area contributed by atoms with E-state index in [4.69, 9.17) is 5.73 Å². The van der Waals surface area contributed by atoms with Crippen LogP contribution in [0.1, 0.15) is 41.0 Å². The van der Waals surface area contributed by atoms with Crippen LogP contribution in [0.4, 0.5) is 0 Å². The van der Waals surface area contributed by atoms with Crippen LogP contribution in [0.5, 0.6) is 0 Å². The Hall–Kier alpha value is -0.280. The molecule has 0 aliphatic heterocycles. The molecule has 0 spiro atoms. The van der Waals surface area contributed by atoms with Crippen molar-refractivity contribution in [1.29, 1.82) is 0 Å². The molecule has 4 unspecified atom stereocenters. The number of hydrogen-bond acceptors (Lipinski definition) is 2. The number of amides is 1. The third kappa shape index (κ3) is 6.00. The molecule has 3 nitrogen and oxygen atoms in total. The number of rotatable bonds is 5. The molecule has 4 atom stereocenters. The van der Waals surface area contributed by atoms with E-state index < -0.39 is 0 Å². The highest BCUT2D eigenvalue weighted by Gasteiger charge is 2.20. The van der Waals surface area contributed by atoms with Crippen molar-refractivity contribution >= 4 is 18.3 Å². The topological polar surface area (TPSA) is 55.1 Å². The molecule has 0 saturated carbocycles. The second kappa shape index (κ2) is 7.94. The van der Waals surface area contributed by atoms with Crippen molar-refractivity contribution in [2.75, 3.05) is 0 Å². The Balaban J connectivity index is 0. The average Bonchev–Trinajstić information content (AvgIpc) is 2.14. The molecular weight excluding hydrogens is 212 g/mol. The van der Waals surface area contributed by atoms with Crippen molar-refractivity contribution in [1.82, 2.24) is 5.32 Å². The first-order chi connectivity index (χ1) is 6.40. The van der Waals surface area contributed by atoms with Gasteiger partial charge in [0, 0.05) is 18.0 Å². The molecule has 1 amide bonds. The Morgan fingerprint density at radius 2 is 1.73 bits per heavy atom. The minimum atomic E-state index is -0.110. The molecule has 0 aliphatic carbocycles. The third-order valence-electron chi connectivity index (χ3n) is 3.07. The highest BCUT2D eigenvalue weighted by Crippen LogP contribution is 2.08. The van der Waals surface area contributed by atoms with Gasteiger partial charge in [-0.3, -0.25) is 4.79 Å². The van der Waals surface area contributed by atoms with Crippen molar-refractivity contribution in [3.63, 3.8) is 0 Å². The first kappa shape index (κ1) is 17.1. The number of carbonyl (C=O) groups excluding carboxylic acids is 1. The van der Waals surface area contributed by atoms with Crippen LogP contribution in [0.2, 0.25) is 0 Å². The zero-order valence-electron chi connectivity index (χ0n) is 10.4. The Morgan fingerprint density at radius 1 is 1.27 bits per heavy atom. The monoisotopic (exact) mass is 236 g/mol. The summed E-state index contributed by atoms with van der Waals surface area (Å²) in [6.07, 6.45) is 1.08. The van der Waals surface area contributed by atoms with Gasteiger partial charge in [0.2, 0.25) is 5.91 Å². The van der Waals surface area contributed by atoms with E-state index in [-0.39, 0.29) is 36.3 Å². The number of hydrogen-bond donors (Lipinski definition) is 2. The van der Waals surface area contributed by atoms with Crippen LogP contribution >= 0.6 is 12.4 Å². The first-order valence-electron chi connectivity index (χ1n) is 5.46. The summed E-state index contributed by atoms with van der Waals surface area (Å²) in [5.41, 5.74) is 5.66. The molecule has 0 saturated heterocycles. The van der Waals surface area contributed by atoms with Gasteiger partial charge in [0.05, 0.1) is 0 Å². The van der Waals surface area contributed by atoms with Gasteiger partial charge in [0.25, 0.3) is 0 Å². The lowest BCUT2D eigenvalue weighted by atomic mass is 9.98. The summed E-state index contributed by atoms with van der Waals surface area (Å²) >= 11 is 0. The molecule has 0 rings (SSSR count). The fourth-order valence-corrected chi connectivity index (χ4v) is 1.09. The Bertz CT molecular complexity index is 185. The van der Waals surface area contributed by atoms with Gasteiger partial charge in [0.1, 0.15) is 0 Å². The summed E-state index contributed by atoms with van der Waals surface area (Å²) in [6, 6.07) is 0.146. The van der Waals surface area contributed by atoms with Crippen LogP contribution in [-0.2, 0) is 4.79 Å². The summed E-state index contributed by atoms with van der Waals surface area (Å²) in [5.74, 6) is 0.466. The highest BCUT2D eigenvalue weighted by molar-refractivity contribution is 5.85. The second-order valence-electron chi connectivity index (χ2n) is 4.33. The largest absolute Gasteiger partial charge is 0.353 e. The van der Waals surface area contributed by atoms with Gasteiger partial charge in [-0.15, -0.1) is 12.4 Å². The lowest BCUT2D eigenvalue weighted by Gasteiger charge is -2.23. The van der Waals surface area contributed by atoms with E-state index in [2.05, 4.69) is 19.2 Å². The Labute approximate surface area is 99.6 Å². The molecule has 0 fully saturated rings. The molecule has 4 heteroatoms. The van der Waals surface area contributed by atoms with Gasteiger partial charge >= 0.3 is 0 Å². The van der Waals surface area contributed by atoms with E-state index in [9.17, 15) is 4.79 Å². The molecule has 0 aromatic rings. The average molecular weight is 237 g/mol. The molecule has 0 radical (unpaired) electrons. The number of carbonyl (C=O) groups is 1. The standard InChI is InChI=1S/C11H24N2O.ClH/c1-6-7(2)10(5)13-11(14)8(3)9(4)12;/h7-10H,6,12H2,1-5H3,(H,13,14);1H. The molecule has 0 aromatic carbocycles. The van der Waals surface area contributed by atoms with Crippen molar-refractivity contribution in [2.45, 2.75) is 53.1 Å². The maximum atomic E-state index is 11.6. The van der Waals surface area contributed by atoms with E-state index in [0.29, 0.717) is 5.92 Å². The number of halogens is 1. The van der Waals surface area contributed by atoms with Crippen LogP contribution in [-0.4, -0.2) is 18.0 Å². The van der Waals surface area contributed by atoms with Gasteiger partial charge in [-0.05, 0) is 19.8 Å². The van der Waals surface area contributed by atoms with Gasteiger partial charge in [-0.25, -0.2) is 0 Å². The van der Waals surface area contributed by atoms with Crippen LogP contribution in [0.15, 0.2) is 0 Å². The van der Waals surface area contributed by atoms with E-state index >= 15 is 0 Å². The summed E-state index contributed by atoms with van der Waals surface area (Å²) in [6.45, 7) is 10.0. The fraction of sp³-hybridized carbons (Fsp3) is 0.909. The summed E-state index contributed by atoms with van der Waals surface area (Å²) in [4.78, 5) is 11.6. The SMILES string of the molecule is CCC(C)C(C)NC(=O)C(C)C(C)N.Cl. The van der Waals surface area contributed by atoms with Crippen LogP contribution < -0.4 is 11.1 Å². The third-order valence-corrected chi connectivity index (χ3v) is 3.07. The Kier molecular flexibility index (Phi) is 9.07. The molecule has 92 valence electrons. The van der Waals surface area contributed by atoms with Gasteiger partial charge in [-0.1, -0.05) is 27.2 Å². The molecular formula is C11H25ClN2O. The van der Waals surface area contributed by atoms with Crippen LogP contribution in [0, 0.1) is 11.8 Å². The summed E-state index contributed by atoms with van der Waals surface area (Å²) in [5, 5.41) is 2.99. The Morgan fingerprint density at radius 3 is 2.07 bits per heavy atom. The predicted octanol–water partition coefficient (Wildman–Crippen LogP) is 1.94. The second-order valence-corrected chi connectivity index (χ2v) is 4.33. The molecule has 0 aliphatic rings. The number of nitrogens with two attached hydrogens (primary N) is 1. The van der Waals surface area contributed by atoms with E-state index in [0.717, 1.165) is 6.42 Å². The normalized spacial score (nSPS) is 18.3. The summed E-state index contributed by atoms with van der Waals surface area (Å²) in [7, 11) is 0. The van der Waals surface area contributed by atoms with Gasteiger partial charge in [-0.2, -0.15) is 0 Å². The number of nitrogens with one attached hydrogen (secondary N) is 1. The maximum absolute atomic E-state index is 11.6. The van der Waals surface area contributed by atoms with Gasteiger partial charge < -0.3 is 11.1 Å². The zero-order valence-corrected chi connectivity index (χ0v) is 11.2. The summed E-state index contributed by atoms with van der Waals surface area (Å²) < 4.78 is 0. The van der Waals surface area contributed by atoms with E-state index in [1.54, 1.807) is 0 Å². The predicted molar refractivity (Wildman–Crippen MR) is 67.1 cm³/mol. The maximum Gasteiger partial charge on any atom is 0.224 e. The molecule has 0 bridgehead atoms. The van der Waals surface area contributed by atoms with Crippen molar-refractivity contribution in [3.8, 4) is 0 Å². The fourth-order valence-electron chi connectivity index (χ4n) is 1.09. The zero-order chi connectivity index (χ0) is 11.3. The lowest BCUT2D eigenvalue weighted by Crippen LogP contribution is -2.44.